The van der Waals surface area contributed by atoms with Crippen LogP contribution in [-0.4, -0.2) is 36.1 Å². The van der Waals surface area contributed by atoms with E-state index in [0.29, 0.717) is 6.04 Å². The molecule has 0 fully saturated rings. The van der Waals surface area contributed by atoms with E-state index in [1.807, 2.05) is 6.92 Å². The lowest BCUT2D eigenvalue weighted by Gasteiger charge is -2.20. The molecule has 0 unspecified atom stereocenters. The van der Waals surface area contributed by atoms with Crippen molar-refractivity contribution >= 4 is 11.3 Å². The molecule has 1 rings (SSSR count). The number of thiazole rings is 1. The van der Waals surface area contributed by atoms with Crippen LogP contribution < -0.4 is 5.32 Å². The van der Waals surface area contributed by atoms with Gasteiger partial charge >= 0.3 is 0 Å². The summed E-state index contributed by atoms with van der Waals surface area (Å²) in [5, 5.41) is 6.67. The quantitative estimate of drug-likeness (QED) is 0.752. The van der Waals surface area contributed by atoms with Gasteiger partial charge in [-0.1, -0.05) is 0 Å². The molecule has 0 bridgehead atoms. The van der Waals surface area contributed by atoms with Gasteiger partial charge in [0.05, 0.1) is 10.7 Å². The van der Waals surface area contributed by atoms with Gasteiger partial charge in [0.25, 0.3) is 0 Å². The summed E-state index contributed by atoms with van der Waals surface area (Å²) in [6.07, 6.45) is 0. The predicted molar refractivity (Wildman–Crippen MR) is 66.3 cm³/mol. The van der Waals surface area contributed by atoms with Crippen molar-refractivity contribution in [2.24, 2.45) is 0 Å². The molecule has 0 aromatic carbocycles. The van der Waals surface area contributed by atoms with Gasteiger partial charge in [0.15, 0.2) is 0 Å². The van der Waals surface area contributed by atoms with Crippen LogP contribution in [0.5, 0.6) is 0 Å². The molecule has 1 aromatic heterocycles. The fourth-order valence-electron chi connectivity index (χ4n) is 1.22. The number of aryl methyl sites for hydroxylation is 1. The Morgan fingerprint density at radius 3 is 2.80 bits per heavy atom. The third-order valence-electron chi connectivity index (χ3n) is 2.50. The Labute approximate surface area is 96.5 Å². The van der Waals surface area contributed by atoms with Gasteiger partial charge < -0.3 is 10.2 Å². The van der Waals surface area contributed by atoms with Crippen LogP contribution in [0.2, 0.25) is 0 Å². The summed E-state index contributed by atoms with van der Waals surface area (Å²) in [6, 6.07) is 0.619. The summed E-state index contributed by atoms with van der Waals surface area (Å²) in [4.78, 5) is 6.74. The smallest absolute Gasteiger partial charge is 0.0897 e. The van der Waals surface area contributed by atoms with Crippen molar-refractivity contribution in [3.05, 3.63) is 16.1 Å². The molecule has 1 N–H and O–H groups in total. The van der Waals surface area contributed by atoms with Crippen molar-refractivity contribution in [1.29, 1.82) is 0 Å². The highest BCUT2D eigenvalue weighted by Crippen LogP contribution is 2.06. The molecule has 0 spiro atoms. The summed E-state index contributed by atoms with van der Waals surface area (Å²) in [5.41, 5.74) is 1.16. The second-order valence-corrected chi connectivity index (χ2v) is 5.17. The van der Waals surface area contributed by atoms with Crippen molar-refractivity contribution in [1.82, 2.24) is 15.2 Å². The Morgan fingerprint density at radius 1 is 1.53 bits per heavy atom. The van der Waals surface area contributed by atoms with Gasteiger partial charge in [-0.3, -0.25) is 0 Å². The molecule has 3 nitrogen and oxygen atoms in total. The molecule has 1 aromatic rings. The number of nitrogens with one attached hydrogen (secondary N) is 1. The maximum atomic E-state index is 4.40. The van der Waals surface area contributed by atoms with E-state index in [-0.39, 0.29) is 0 Å². The highest BCUT2D eigenvalue weighted by Gasteiger charge is 2.02. The van der Waals surface area contributed by atoms with Gasteiger partial charge in [-0.05, 0) is 27.8 Å². The zero-order valence-corrected chi connectivity index (χ0v) is 10.9. The lowest BCUT2D eigenvalue weighted by Crippen LogP contribution is -2.33. The fourth-order valence-corrected chi connectivity index (χ4v) is 1.83. The van der Waals surface area contributed by atoms with Crippen LogP contribution in [-0.2, 0) is 6.54 Å². The molecule has 4 heteroatoms. The number of hydrogen-bond donors (Lipinski definition) is 1. The van der Waals surface area contributed by atoms with Gasteiger partial charge in [0, 0.05) is 31.1 Å². The van der Waals surface area contributed by atoms with Crippen LogP contribution in [0.15, 0.2) is 5.38 Å². The highest BCUT2D eigenvalue weighted by atomic mass is 32.1. The Bertz CT molecular complexity index is 283. The average Bonchev–Trinajstić information content (AvgIpc) is 2.58. The van der Waals surface area contributed by atoms with E-state index in [9.17, 15) is 0 Å². The van der Waals surface area contributed by atoms with Crippen molar-refractivity contribution in [3.8, 4) is 0 Å². The maximum absolute atomic E-state index is 4.40. The summed E-state index contributed by atoms with van der Waals surface area (Å²) in [5.74, 6) is 0. The first-order chi connectivity index (χ1) is 7.09. The number of nitrogens with zero attached hydrogens (tertiary/aromatic N) is 2. The van der Waals surface area contributed by atoms with E-state index >= 15 is 0 Å². The van der Waals surface area contributed by atoms with Crippen molar-refractivity contribution in [3.63, 3.8) is 0 Å². The Kier molecular flexibility index (Phi) is 5.22. The number of hydrogen-bond acceptors (Lipinski definition) is 4. The largest absolute Gasteiger partial charge is 0.310 e. The summed E-state index contributed by atoms with van der Waals surface area (Å²) in [7, 11) is 2.15. The number of rotatable bonds is 6. The zero-order valence-electron chi connectivity index (χ0n) is 10.1. The van der Waals surface area contributed by atoms with Gasteiger partial charge in [-0.25, -0.2) is 4.98 Å². The molecular weight excluding hydrogens is 206 g/mol. The lowest BCUT2D eigenvalue weighted by molar-refractivity contribution is 0.273. The van der Waals surface area contributed by atoms with Crippen LogP contribution in [0.4, 0.5) is 0 Å². The van der Waals surface area contributed by atoms with Crippen LogP contribution >= 0.6 is 11.3 Å². The van der Waals surface area contributed by atoms with Gasteiger partial charge in [-0.15, -0.1) is 11.3 Å². The Hall–Kier alpha value is -0.450. The van der Waals surface area contributed by atoms with E-state index in [0.717, 1.165) is 30.3 Å². The monoisotopic (exact) mass is 227 g/mol. The second kappa shape index (κ2) is 6.20. The third kappa shape index (κ3) is 4.73. The Balaban J connectivity index is 2.12. The molecule has 0 amide bonds. The lowest BCUT2D eigenvalue weighted by atomic mass is 10.3. The minimum atomic E-state index is 0.619. The zero-order chi connectivity index (χ0) is 11.3. The summed E-state index contributed by atoms with van der Waals surface area (Å²) < 4.78 is 0. The molecule has 0 atom stereocenters. The molecule has 0 saturated heterocycles. The number of likely N-dealkylation sites (N-methyl/N-ethyl adjacent to an activating group) is 1. The van der Waals surface area contributed by atoms with Crippen molar-refractivity contribution < 1.29 is 0 Å². The predicted octanol–water partition coefficient (Wildman–Crippen LogP) is 1.88. The highest BCUT2D eigenvalue weighted by molar-refractivity contribution is 7.09. The minimum absolute atomic E-state index is 0.619. The average molecular weight is 227 g/mol. The molecule has 0 aliphatic carbocycles. The second-order valence-electron chi connectivity index (χ2n) is 4.11. The Morgan fingerprint density at radius 2 is 2.27 bits per heavy atom. The molecule has 86 valence electrons. The standard InChI is InChI=1S/C11H21N3S/c1-9(2)14(4)6-5-12-7-11-8-15-10(3)13-11/h8-9,12H,5-7H2,1-4H3. The molecule has 0 saturated carbocycles. The normalized spacial score (nSPS) is 11.6. The van der Waals surface area contributed by atoms with Gasteiger partial charge in [0.1, 0.15) is 0 Å². The molecule has 0 aliphatic rings. The maximum Gasteiger partial charge on any atom is 0.0897 e. The SMILES string of the molecule is Cc1nc(CNCCN(C)C(C)C)cs1. The first-order valence-corrected chi connectivity index (χ1v) is 6.29. The van der Waals surface area contributed by atoms with Crippen LogP contribution in [0, 0.1) is 6.92 Å². The van der Waals surface area contributed by atoms with Gasteiger partial charge in [0.2, 0.25) is 0 Å². The molecule has 15 heavy (non-hydrogen) atoms. The van der Waals surface area contributed by atoms with Crippen LogP contribution in [0.1, 0.15) is 24.5 Å². The molecular formula is C11H21N3S. The topological polar surface area (TPSA) is 28.2 Å². The first-order valence-electron chi connectivity index (χ1n) is 5.41. The van der Waals surface area contributed by atoms with E-state index in [4.69, 9.17) is 0 Å². The van der Waals surface area contributed by atoms with E-state index < -0.39 is 0 Å². The first kappa shape index (κ1) is 12.6. The summed E-state index contributed by atoms with van der Waals surface area (Å²) in [6.45, 7) is 9.45. The number of aromatic nitrogens is 1. The van der Waals surface area contributed by atoms with Crippen molar-refractivity contribution in [2.75, 3.05) is 20.1 Å². The summed E-state index contributed by atoms with van der Waals surface area (Å²) >= 11 is 1.71. The van der Waals surface area contributed by atoms with E-state index in [1.165, 1.54) is 0 Å². The fraction of sp³-hybridized carbons (Fsp3) is 0.727. The van der Waals surface area contributed by atoms with E-state index in [1.54, 1.807) is 11.3 Å². The van der Waals surface area contributed by atoms with Crippen LogP contribution in [0.25, 0.3) is 0 Å². The minimum Gasteiger partial charge on any atom is -0.310 e. The van der Waals surface area contributed by atoms with Gasteiger partial charge in [-0.2, -0.15) is 0 Å². The third-order valence-corrected chi connectivity index (χ3v) is 3.32. The molecule has 1 heterocycles. The molecule has 0 radical (unpaired) electrons. The molecule has 0 aliphatic heterocycles. The van der Waals surface area contributed by atoms with Crippen LogP contribution in [0.3, 0.4) is 0 Å². The van der Waals surface area contributed by atoms with Crippen molar-refractivity contribution in [2.45, 2.75) is 33.4 Å². The van der Waals surface area contributed by atoms with E-state index in [2.05, 4.69) is 41.5 Å².